The third-order valence-electron chi connectivity index (χ3n) is 4.82. The molecular formula is C23H31NaO4S. The first-order chi connectivity index (χ1) is 13.5. The molecule has 0 radical (unpaired) electrons. The summed E-state index contributed by atoms with van der Waals surface area (Å²) in [5.41, 5.74) is 1.27. The maximum Gasteiger partial charge on any atom is 1.00 e. The van der Waals surface area contributed by atoms with E-state index in [1.165, 1.54) is 81.5 Å². The third kappa shape index (κ3) is 10.7. The maximum atomic E-state index is 11.1. The number of rotatable bonds is 13. The van der Waals surface area contributed by atoms with E-state index in [9.17, 15) is 13.0 Å². The number of hydrogen-bond donors (Lipinski definition) is 0. The number of aryl methyl sites for hydroxylation is 1. The van der Waals surface area contributed by atoms with Crippen LogP contribution in [0.2, 0.25) is 0 Å². The van der Waals surface area contributed by atoms with Crippen LogP contribution in [0.1, 0.15) is 70.3 Å². The van der Waals surface area contributed by atoms with Gasteiger partial charge in [0.2, 0.25) is 0 Å². The van der Waals surface area contributed by atoms with Crippen molar-refractivity contribution in [2.24, 2.45) is 0 Å². The second kappa shape index (κ2) is 14.2. The number of benzene rings is 2. The number of ether oxygens (including phenoxy) is 1. The fourth-order valence-corrected chi connectivity index (χ4v) is 3.70. The molecule has 0 saturated carbocycles. The van der Waals surface area contributed by atoms with Gasteiger partial charge in [-0.15, -0.1) is 0 Å². The van der Waals surface area contributed by atoms with Crippen molar-refractivity contribution in [2.75, 3.05) is 0 Å². The van der Waals surface area contributed by atoms with E-state index in [2.05, 4.69) is 6.92 Å². The van der Waals surface area contributed by atoms with Gasteiger partial charge >= 0.3 is 29.6 Å². The van der Waals surface area contributed by atoms with Gasteiger partial charge < -0.3 is 9.29 Å². The predicted octanol–water partition coefficient (Wildman–Crippen LogP) is 3.46. The Labute approximate surface area is 198 Å². The molecule has 2 aromatic carbocycles. The Balaban J connectivity index is 0.00000420. The van der Waals surface area contributed by atoms with Crippen molar-refractivity contribution < 1.29 is 47.3 Å². The first-order valence-corrected chi connectivity index (χ1v) is 11.7. The number of hydrogen-bond acceptors (Lipinski definition) is 4. The third-order valence-corrected chi connectivity index (χ3v) is 5.65. The molecule has 0 heterocycles. The van der Waals surface area contributed by atoms with Gasteiger partial charge in [-0.3, -0.25) is 0 Å². The van der Waals surface area contributed by atoms with Crippen molar-refractivity contribution in [3.63, 3.8) is 0 Å². The minimum absolute atomic E-state index is 0. The minimum Gasteiger partial charge on any atom is -0.744 e. The summed E-state index contributed by atoms with van der Waals surface area (Å²) < 4.78 is 39.0. The molecule has 4 nitrogen and oxygen atoms in total. The molecule has 0 atom stereocenters. The molecule has 0 aliphatic carbocycles. The molecule has 29 heavy (non-hydrogen) atoms. The fourth-order valence-electron chi connectivity index (χ4n) is 3.19. The molecule has 0 bridgehead atoms. The normalized spacial score (nSPS) is 11.1. The molecule has 0 spiro atoms. The van der Waals surface area contributed by atoms with Gasteiger partial charge in [-0.25, -0.2) is 8.42 Å². The Morgan fingerprint density at radius 3 is 1.97 bits per heavy atom. The van der Waals surface area contributed by atoms with Crippen LogP contribution in [0.3, 0.4) is 0 Å². The summed E-state index contributed by atoms with van der Waals surface area (Å²) >= 11 is 0. The standard InChI is InChI=1S/C23H32O4S.Na/c1-2-3-4-5-6-7-8-9-10-12-20-15-17-21(18-16-20)27-22-13-11-14-23(19-22)28(24,25)26;/h11,13-19H,2-10,12H2,1H3,(H,24,25,26);/q;+1/p-1. The summed E-state index contributed by atoms with van der Waals surface area (Å²) in [5, 5.41) is 0. The summed E-state index contributed by atoms with van der Waals surface area (Å²) in [5.74, 6) is 0.958. The van der Waals surface area contributed by atoms with Crippen LogP contribution in [-0.2, 0) is 16.5 Å². The first-order valence-electron chi connectivity index (χ1n) is 10.3. The number of unbranched alkanes of at least 4 members (excludes halogenated alkanes) is 8. The molecule has 0 saturated heterocycles. The minimum atomic E-state index is -4.48. The monoisotopic (exact) mass is 426 g/mol. The summed E-state index contributed by atoms with van der Waals surface area (Å²) in [6.45, 7) is 2.25. The molecule has 6 heteroatoms. The van der Waals surface area contributed by atoms with Crippen molar-refractivity contribution in [3.8, 4) is 11.5 Å². The molecule has 0 fully saturated rings. The molecule has 2 aromatic rings. The van der Waals surface area contributed by atoms with Crippen LogP contribution < -0.4 is 34.3 Å². The molecule has 0 aliphatic rings. The van der Waals surface area contributed by atoms with Gasteiger partial charge in [-0.1, -0.05) is 76.5 Å². The zero-order chi connectivity index (χ0) is 20.2. The molecule has 0 aromatic heterocycles. The zero-order valence-corrected chi connectivity index (χ0v) is 20.5. The van der Waals surface area contributed by atoms with E-state index in [-0.39, 0.29) is 34.5 Å². The quantitative estimate of drug-likeness (QED) is 0.279. The Bertz CT molecular complexity index is 804. The fraction of sp³-hybridized carbons (Fsp3) is 0.478. The topological polar surface area (TPSA) is 66.4 Å². The smallest absolute Gasteiger partial charge is 0.744 e. The molecule has 0 aliphatic heterocycles. The molecule has 0 amide bonds. The average molecular weight is 427 g/mol. The maximum absolute atomic E-state index is 11.1. The largest absolute Gasteiger partial charge is 1.00 e. The van der Waals surface area contributed by atoms with Crippen molar-refractivity contribution >= 4 is 10.1 Å². The van der Waals surface area contributed by atoms with Crippen molar-refractivity contribution in [1.82, 2.24) is 0 Å². The van der Waals surface area contributed by atoms with Crippen LogP contribution >= 0.6 is 0 Å². The summed E-state index contributed by atoms with van der Waals surface area (Å²) in [6, 6.07) is 13.5. The van der Waals surface area contributed by atoms with Crippen LogP contribution in [0.25, 0.3) is 0 Å². The van der Waals surface area contributed by atoms with Gasteiger partial charge in [0.25, 0.3) is 0 Å². The van der Waals surface area contributed by atoms with Gasteiger partial charge in [0.15, 0.2) is 0 Å². The van der Waals surface area contributed by atoms with Crippen molar-refractivity contribution in [3.05, 3.63) is 54.1 Å². The Kier molecular flexibility index (Phi) is 12.8. The van der Waals surface area contributed by atoms with E-state index < -0.39 is 10.1 Å². The summed E-state index contributed by atoms with van der Waals surface area (Å²) in [6.07, 6.45) is 12.9. The SMILES string of the molecule is CCCCCCCCCCCc1ccc(Oc2cccc(S(=O)(=O)[O-])c2)cc1.[Na+]. The molecule has 0 unspecified atom stereocenters. The summed E-state index contributed by atoms with van der Waals surface area (Å²) in [7, 11) is -4.48. The summed E-state index contributed by atoms with van der Waals surface area (Å²) in [4.78, 5) is -0.285. The molecule has 154 valence electrons. The van der Waals surface area contributed by atoms with E-state index >= 15 is 0 Å². The predicted molar refractivity (Wildman–Crippen MR) is 112 cm³/mol. The van der Waals surface area contributed by atoms with E-state index in [1.807, 2.05) is 24.3 Å². The second-order valence-corrected chi connectivity index (χ2v) is 8.63. The van der Waals surface area contributed by atoms with E-state index in [0.29, 0.717) is 11.5 Å². The van der Waals surface area contributed by atoms with Gasteiger partial charge in [-0.2, -0.15) is 0 Å². The van der Waals surface area contributed by atoms with E-state index in [4.69, 9.17) is 4.74 Å². The Morgan fingerprint density at radius 2 is 1.38 bits per heavy atom. The van der Waals surface area contributed by atoms with Gasteiger partial charge in [-0.05, 0) is 48.7 Å². The van der Waals surface area contributed by atoms with Crippen LogP contribution in [-0.4, -0.2) is 13.0 Å². The Hall–Kier alpha value is -0.850. The Morgan fingerprint density at radius 1 is 0.793 bits per heavy atom. The van der Waals surface area contributed by atoms with E-state index in [0.717, 1.165) is 6.42 Å². The second-order valence-electron chi connectivity index (χ2n) is 7.25. The van der Waals surface area contributed by atoms with Crippen LogP contribution in [0.5, 0.6) is 11.5 Å². The van der Waals surface area contributed by atoms with Crippen LogP contribution in [0.15, 0.2) is 53.4 Å². The van der Waals surface area contributed by atoms with Crippen molar-refractivity contribution in [2.45, 2.75) is 76.0 Å². The zero-order valence-electron chi connectivity index (χ0n) is 17.7. The van der Waals surface area contributed by atoms with E-state index in [1.54, 1.807) is 6.07 Å². The van der Waals surface area contributed by atoms with Gasteiger partial charge in [0.1, 0.15) is 21.6 Å². The average Bonchev–Trinajstić information content (AvgIpc) is 2.67. The van der Waals surface area contributed by atoms with Crippen molar-refractivity contribution in [1.29, 1.82) is 0 Å². The van der Waals surface area contributed by atoms with Crippen LogP contribution in [0, 0.1) is 0 Å². The van der Waals surface area contributed by atoms with Crippen LogP contribution in [0.4, 0.5) is 0 Å². The van der Waals surface area contributed by atoms with Gasteiger partial charge in [0.05, 0.1) is 4.90 Å². The molecule has 0 N–H and O–H groups in total. The molecular weight excluding hydrogens is 395 g/mol. The first kappa shape index (κ1) is 26.2. The van der Waals surface area contributed by atoms with Gasteiger partial charge in [0, 0.05) is 0 Å². The molecule has 2 rings (SSSR count).